The second-order valence-corrected chi connectivity index (χ2v) is 8.58. The number of nitriles is 1. The van der Waals surface area contributed by atoms with Gasteiger partial charge in [0.25, 0.3) is 5.91 Å². The lowest BCUT2D eigenvalue weighted by atomic mass is 10.1. The third-order valence-corrected chi connectivity index (χ3v) is 5.82. The number of nitrogens with zero attached hydrogens (tertiary/aromatic N) is 1. The van der Waals surface area contributed by atoms with Crippen LogP contribution in [0.15, 0.2) is 64.6 Å². The van der Waals surface area contributed by atoms with Gasteiger partial charge in [0.2, 0.25) is 0 Å². The van der Waals surface area contributed by atoms with Gasteiger partial charge in [-0.1, -0.05) is 57.3 Å². The first-order valence-corrected chi connectivity index (χ1v) is 11.6. The van der Waals surface area contributed by atoms with Gasteiger partial charge in [-0.3, -0.25) is 4.79 Å². The molecule has 1 amide bonds. The number of para-hydroxylation sites is 1. The van der Waals surface area contributed by atoms with E-state index in [4.69, 9.17) is 32.7 Å². The van der Waals surface area contributed by atoms with Crippen molar-refractivity contribution in [2.45, 2.75) is 13.5 Å². The molecular formula is C25H18BrCl2FN2O3. The zero-order valence-electron chi connectivity index (χ0n) is 17.9. The van der Waals surface area contributed by atoms with Crippen molar-refractivity contribution < 1.29 is 18.7 Å². The van der Waals surface area contributed by atoms with Gasteiger partial charge in [-0.05, 0) is 55.0 Å². The fourth-order valence-electron chi connectivity index (χ4n) is 2.89. The largest absolute Gasteiger partial charge is 0.490 e. The number of carbonyl (C=O) groups is 1. The number of anilines is 1. The molecule has 0 aliphatic heterocycles. The van der Waals surface area contributed by atoms with Crippen LogP contribution >= 0.6 is 39.1 Å². The lowest BCUT2D eigenvalue weighted by Crippen LogP contribution is -2.14. The topological polar surface area (TPSA) is 71.3 Å². The van der Waals surface area contributed by atoms with Gasteiger partial charge in [0, 0.05) is 20.1 Å². The molecule has 5 nitrogen and oxygen atoms in total. The van der Waals surface area contributed by atoms with E-state index in [0.29, 0.717) is 38.2 Å². The number of hydrogen-bond acceptors (Lipinski definition) is 4. The van der Waals surface area contributed by atoms with E-state index >= 15 is 0 Å². The second-order valence-electron chi connectivity index (χ2n) is 6.88. The predicted molar refractivity (Wildman–Crippen MR) is 135 cm³/mol. The molecule has 9 heteroatoms. The zero-order chi connectivity index (χ0) is 24.7. The van der Waals surface area contributed by atoms with Crippen molar-refractivity contribution in [3.05, 3.63) is 91.6 Å². The fraction of sp³-hybridized carbons (Fsp3) is 0.120. The predicted octanol–water partition coefficient (Wildman–Crippen LogP) is 7.42. The highest BCUT2D eigenvalue weighted by Crippen LogP contribution is 2.36. The Morgan fingerprint density at radius 3 is 2.56 bits per heavy atom. The minimum Gasteiger partial charge on any atom is -0.490 e. The highest BCUT2D eigenvalue weighted by molar-refractivity contribution is 9.10. The van der Waals surface area contributed by atoms with E-state index in [0.717, 1.165) is 5.56 Å². The summed E-state index contributed by atoms with van der Waals surface area (Å²) in [6.45, 7) is 2.36. The molecule has 0 aliphatic carbocycles. The van der Waals surface area contributed by atoms with Gasteiger partial charge in [0.15, 0.2) is 11.5 Å². The molecule has 0 saturated heterocycles. The van der Waals surface area contributed by atoms with Gasteiger partial charge < -0.3 is 14.8 Å². The van der Waals surface area contributed by atoms with E-state index in [2.05, 4.69) is 21.2 Å². The molecule has 0 radical (unpaired) electrons. The maximum absolute atomic E-state index is 13.9. The highest BCUT2D eigenvalue weighted by Gasteiger charge is 2.15. The molecule has 0 fully saturated rings. The number of halogens is 4. The molecule has 0 saturated carbocycles. The molecule has 3 aromatic rings. The number of amides is 1. The summed E-state index contributed by atoms with van der Waals surface area (Å²) in [5, 5.41) is 12.9. The molecule has 0 bridgehead atoms. The van der Waals surface area contributed by atoms with E-state index in [9.17, 15) is 14.4 Å². The molecule has 34 heavy (non-hydrogen) atoms. The molecule has 0 aromatic heterocycles. The third-order valence-electron chi connectivity index (χ3n) is 4.55. The first kappa shape index (κ1) is 25.6. The van der Waals surface area contributed by atoms with E-state index in [1.165, 1.54) is 24.3 Å². The van der Waals surface area contributed by atoms with Gasteiger partial charge in [-0.25, -0.2) is 4.39 Å². The van der Waals surface area contributed by atoms with Gasteiger partial charge in [-0.15, -0.1) is 0 Å². The molecule has 0 atom stereocenters. The first-order chi connectivity index (χ1) is 16.3. The Hall–Kier alpha value is -3.05. The summed E-state index contributed by atoms with van der Waals surface area (Å²) in [7, 11) is 0. The molecule has 0 aliphatic rings. The second kappa shape index (κ2) is 11.9. The zero-order valence-corrected chi connectivity index (χ0v) is 21.0. The van der Waals surface area contributed by atoms with Crippen molar-refractivity contribution in [1.29, 1.82) is 5.26 Å². The van der Waals surface area contributed by atoms with Crippen LogP contribution in [0.3, 0.4) is 0 Å². The molecule has 174 valence electrons. The van der Waals surface area contributed by atoms with Crippen molar-refractivity contribution in [3.8, 4) is 17.6 Å². The van der Waals surface area contributed by atoms with Crippen LogP contribution in [0.2, 0.25) is 10.0 Å². The number of hydrogen-bond donors (Lipinski definition) is 1. The van der Waals surface area contributed by atoms with Gasteiger partial charge in [-0.2, -0.15) is 5.26 Å². The van der Waals surface area contributed by atoms with E-state index in [-0.39, 0.29) is 17.9 Å². The standard InChI is InChI=1S/C25H18BrCl2FN2O3/c1-2-33-23-10-16(9-17(13-30)25(32)31-22-6-4-3-5-21(22)29)19(26)12-24(23)34-14-15-7-8-18(27)11-20(15)28/h3-12H,2,14H2,1H3,(H,31,32)/b17-9-. The number of rotatable bonds is 8. The van der Waals surface area contributed by atoms with Gasteiger partial charge in [0.1, 0.15) is 24.1 Å². The summed E-state index contributed by atoms with van der Waals surface area (Å²) >= 11 is 15.6. The van der Waals surface area contributed by atoms with Crippen molar-refractivity contribution in [3.63, 3.8) is 0 Å². The average Bonchev–Trinajstić information content (AvgIpc) is 2.80. The Morgan fingerprint density at radius 2 is 1.88 bits per heavy atom. The quantitative estimate of drug-likeness (QED) is 0.229. The van der Waals surface area contributed by atoms with Gasteiger partial charge >= 0.3 is 0 Å². The Balaban J connectivity index is 1.87. The van der Waals surface area contributed by atoms with Crippen molar-refractivity contribution in [1.82, 2.24) is 0 Å². The van der Waals surface area contributed by atoms with Crippen molar-refractivity contribution in [2.75, 3.05) is 11.9 Å². The normalized spacial score (nSPS) is 11.0. The maximum atomic E-state index is 13.9. The number of carbonyl (C=O) groups excluding carboxylic acids is 1. The van der Waals surface area contributed by atoms with Gasteiger partial charge in [0.05, 0.1) is 12.3 Å². The number of benzene rings is 3. The molecule has 0 unspecified atom stereocenters. The Kier molecular flexibility index (Phi) is 8.94. The molecule has 0 spiro atoms. The summed E-state index contributed by atoms with van der Waals surface area (Å²) in [4.78, 5) is 12.5. The number of nitrogens with one attached hydrogen (secondary N) is 1. The van der Waals surface area contributed by atoms with Crippen LogP contribution in [0.1, 0.15) is 18.1 Å². The molecule has 0 heterocycles. The third kappa shape index (κ3) is 6.51. The Morgan fingerprint density at radius 1 is 1.15 bits per heavy atom. The first-order valence-electron chi connectivity index (χ1n) is 10.0. The molecule has 3 rings (SSSR count). The summed E-state index contributed by atoms with van der Waals surface area (Å²) in [5.41, 5.74) is 1.01. The monoisotopic (exact) mass is 562 g/mol. The van der Waals surface area contributed by atoms with Crippen LogP contribution in [0, 0.1) is 17.1 Å². The summed E-state index contributed by atoms with van der Waals surface area (Å²) in [5.74, 6) is -0.495. The summed E-state index contributed by atoms with van der Waals surface area (Å²) in [6.07, 6.45) is 1.38. The fourth-order valence-corrected chi connectivity index (χ4v) is 3.79. The van der Waals surface area contributed by atoms with Crippen molar-refractivity contribution >= 4 is 56.8 Å². The SMILES string of the molecule is CCOc1cc(/C=C(/C#N)C(=O)Nc2ccccc2F)c(Br)cc1OCc1ccc(Cl)cc1Cl. The van der Waals surface area contributed by atoms with Crippen LogP contribution in [-0.4, -0.2) is 12.5 Å². The highest BCUT2D eigenvalue weighted by atomic mass is 79.9. The minimum absolute atomic E-state index is 0.0210. The van der Waals surface area contributed by atoms with Crippen molar-refractivity contribution in [2.24, 2.45) is 0 Å². The number of ether oxygens (including phenoxy) is 2. The Labute approximate surface area is 214 Å². The van der Waals surface area contributed by atoms with Crippen LogP contribution < -0.4 is 14.8 Å². The lowest BCUT2D eigenvalue weighted by Gasteiger charge is -2.15. The average molecular weight is 564 g/mol. The maximum Gasteiger partial charge on any atom is 0.266 e. The molecule has 3 aromatic carbocycles. The Bertz CT molecular complexity index is 1290. The molecule has 1 N–H and O–H groups in total. The smallest absolute Gasteiger partial charge is 0.266 e. The van der Waals surface area contributed by atoms with Crippen LogP contribution in [-0.2, 0) is 11.4 Å². The minimum atomic E-state index is -0.741. The van der Waals surface area contributed by atoms with Crippen LogP contribution in [0.25, 0.3) is 6.08 Å². The van der Waals surface area contributed by atoms with Crippen LogP contribution in [0.5, 0.6) is 11.5 Å². The van der Waals surface area contributed by atoms with E-state index in [1.54, 1.807) is 36.4 Å². The summed E-state index contributed by atoms with van der Waals surface area (Å²) < 4.78 is 26.0. The van der Waals surface area contributed by atoms with E-state index in [1.807, 2.05) is 13.0 Å². The van der Waals surface area contributed by atoms with Crippen LogP contribution in [0.4, 0.5) is 10.1 Å². The lowest BCUT2D eigenvalue weighted by molar-refractivity contribution is -0.112. The van der Waals surface area contributed by atoms with E-state index < -0.39 is 11.7 Å². The molecular weight excluding hydrogens is 546 g/mol. The summed E-state index contributed by atoms with van der Waals surface area (Å²) in [6, 6.07) is 16.0.